The molecule has 0 atom stereocenters. The summed E-state index contributed by atoms with van der Waals surface area (Å²) in [6.45, 7) is 6.68. The van der Waals surface area contributed by atoms with Crippen LogP contribution >= 0.6 is 67.8 Å². The summed E-state index contributed by atoms with van der Waals surface area (Å²) in [7, 11) is 0. The molecule has 0 radical (unpaired) electrons. The average molecular weight is 586 g/mol. The van der Waals surface area contributed by atoms with Gasteiger partial charge in [0.05, 0.1) is 0 Å². The Kier molecular flexibility index (Phi) is 3.92. The molecule has 0 aromatic heterocycles. The third kappa shape index (κ3) is 2.18. The van der Waals surface area contributed by atoms with Crippen molar-refractivity contribution < 1.29 is 0 Å². The zero-order valence-electron chi connectivity index (χ0n) is 11.0. The molecular weight excluding hydrogens is 573 g/mol. The van der Waals surface area contributed by atoms with E-state index in [1.165, 1.54) is 49.7 Å². The molecule has 0 spiro atoms. The zero-order valence-corrected chi connectivity index (χ0v) is 17.5. The van der Waals surface area contributed by atoms with Gasteiger partial charge in [0.1, 0.15) is 0 Å². The maximum atomic E-state index is 2.52. The van der Waals surface area contributed by atoms with Crippen molar-refractivity contribution in [1.82, 2.24) is 0 Å². The molecule has 2 aromatic rings. The highest BCUT2D eigenvalue weighted by Gasteiger charge is 2.26. The summed E-state index contributed by atoms with van der Waals surface area (Å²) < 4.78 is 4.26. The van der Waals surface area contributed by atoms with Crippen molar-refractivity contribution in [2.75, 3.05) is 0 Å². The average Bonchev–Trinajstić information content (AvgIpc) is 2.71. The molecule has 0 saturated heterocycles. The second-order valence-electron chi connectivity index (χ2n) is 5.20. The maximum Gasteiger partial charge on any atom is 0.0348 e. The molecule has 1 aliphatic carbocycles. The SMILES string of the molecule is Cc1cc2c(c(I)c1C)-c1c(cc(C)c(I)c1I)C2. The lowest BCUT2D eigenvalue weighted by atomic mass is 9.99. The number of benzene rings is 2. The minimum absolute atomic E-state index is 1.09. The fraction of sp³-hybridized carbons (Fsp3) is 0.250. The highest BCUT2D eigenvalue weighted by Crippen LogP contribution is 2.45. The van der Waals surface area contributed by atoms with E-state index in [1.54, 1.807) is 0 Å². The van der Waals surface area contributed by atoms with Crippen LogP contribution in [0.15, 0.2) is 12.1 Å². The van der Waals surface area contributed by atoms with Crippen LogP contribution < -0.4 is 0 Å². The first-order valence-electron chi connectivity index (χ1n) is 6.18. The number of halogens is 3. The van der Waals surface area contributed by atoms with Crippen molar-refractivity contribution in [2.24, 2.45) is 0 Å². The third-order valence-electron chi connectivity index (χ3n) is 3.95. The van der Waals surface area contributed by atoms with Gasteiger partial charge < -0.3 is 0 Å². The summed E-state index contributed by atoms with van der Waals surface area (Å²) in [6.07, 6.45) is 1.09. The molecule has 3 rings (SSSR count). The molecule has 0 saturated carbocycles. The lowest BCUT2D eigenvalue weighted by Gasteiger charge is -2.13. The van der Waals surface area contributed by atoms with Crippen LogP contribution in [0.1, 0.15) is 27.8 Å². The summed E-state index contributed by atoms with van der Waals surface area (Å²) in [4.78, 5) is 0. The second-order valence-corrected chi connectivity index (χ2v) is 8.44. The van der Waals surface area contributed by atoms with Crippen molar-refractivity contribution in [1.29, 1.82) is 0 Å². The topological polar surface area (TPSA) is 0 Å². The highest BCUT2D eigenvalue weighted by molar-refractivity contribution is 14.1. The monoisotopic (exact) mass is 586 g/mol. The normalized spacial score (nSPS) is 12.5. The van der Waals surface area contributed by atoms with E-state index >= 15 is 0 Å². The molecule has 0 aliphatic heterocycles. The zero-order chi connectivity index (χ0) is 13.9. The first kappa shape index (κ1) is 14.6. The minimum atomic E-state index is 1.09. The van der Waals surface area contributed by atoms with Gasteiger partial charge >= 0.3 is 0 Å². The summed E-state index contributed by atoms with van der Waals surface area (Å²) >= 11 is 7.52. The Morgan fingerprint density at radius 1 is 0.737 bits per heavy atom. The molecule has 0 heterocycles. The van der Waals surface area contributed by atoms with Crippen LogP contribution in [-0.2, 0) is 6.42 Å². The summed E-state index contributed by atoms with van der Waals surface area (Å²) in [5.74, 6) is 0. The number of aryl methyl sites for hydroxylation is 2. The number of fused-ring (bicyclic) bond motifs is 3. The van der Waals surface area contributed by atoms with E-state index in [1.807, 2.05) is 0 Å². The van der Waals surface area contributed by atoms with Gasteiger partial charge in [-0.2, -0.15) is 0 Å². The molecule has 0 N–H and O–H groups in total. The Hall–Kier alpha value is 0.630. The van der Waals surface area contributed by atoms with Gasteiger partial charge in [0.15, 0.2) is 0 Å². The lowest BCUT2D eigenvalue weighted by molar-refractivity contribution is 1.21. The Balaban J connectivity index is 2.40. The van der Waals surface area contributed by atoms with Gasteiger partial charge in [0, 0.05) is 21.8 Å². The number of hydrogen-bond acceptors (Lipinski definition) is 0. The second kappa shape index (κ2) is 5.12. The third-order valence-corrected chi connectivity index (χ3v) is 8.80. The lowest BCUT2D eigenvalue weighted by Crippen LogP contribution is -1.95. The van der Waals surface area contributed by atoms with E-state index in [2.05, 4.69) is 101 Å². The summed E-state index contributed by atoms with van der Waals surface area (Å²) in [5, 5.41) is 0. The van der Waals surface area contributed by atoms with Crippen LogP contribution in [0.3, 0.4) is 0 Å². The largest absolute Gasteiger partial charge is 0.0548 e. The van der Waals surface area contributed by atoms with Crippen LogP contribution in [0.5, 0.6) is 0 Å². The predicted molar refractivity (Wildman–Crippen MR) is 107 cm³/mol. The van der Waals surface area contributed by atoms with Gasteiger partial charge in [-0.3, -0.25) is 0 Å². The van der Waals surface area contributed by atoms with Crippen LogP contribution in [0, 0.1) is 31.5 Å². The van der Waals surface area contributed by atoms with Gasteiger partial charge in [-0.1, -0.05) is 12.1 Å². The number of rotatable bonds is 0. The van der Waals surface area contributed by atoms with Crippen molar-refractivity contribution >= 4 is 67.8 Å². The molecule has 0 amide bonds. The summed E-state index contributed by atoms with van der Waals surface area (Å²) in [5.41, 5.74) is 10.2. The first-order valence-corrected chi connectivity index (χ1v) is 9.42. The standard InChI is InChI=1S/C16H13I3/c1-7-4-10-6-11-5-8(2)14(17)16(19)13(11)12(10)15(18)9(7)3/h4-5H,6H2,1-3H3. The molecule has 19 heavy (non-hydrogen) atoms. The van der Waals surface area contributed by atoms with E-state index in [0.29, 0.717) is 0 Å². The van der Waals surface area contributed by atoms with Gasteiger partial charge in [0.25, 0.3) is 0 Å². The van der Waals surface area contributed by atoms with Crippen LogP contribution in [0.4, 0.5) is 0 Å². The summed E-state index contributed by atoms with van der Waals surface area (Å²) in [6, 6.07) is 4.76. The molecule has 98 valence electrons. The Bertz CT molecular complexity index is 653. The smallest absolute Gasteiger partial charge is 0.0348 e. The van der Waals surface area contributed by atoms with Gasteiger partial charge in [-0.15, -0.1) is 0 Å². The van der Waals surface area contributed by atoms with E-state index in [4.69, 9.17) is 0 Å². The van der Waals surface area contributed by atoms with E-state index < -0.39 is 0 Å². The van der Waals surface area contributed by atoms with E-state index in [9.17, 15) is 0 Å². The van der Waals surface area contributed by atoms with Crippen LogP contribution in [-0.4, -0.2) is 0 Å². The molecule has 0 nitrogen and oxygen atoms in total. The fourth-order valence-electron chi connectivity index (χ4n) is 2.79. The Labute approximate surface area is 155 Å². The Morgan fingerprint density at radius 2 is 1.26 bits per heavy atom. The number of hydrogen-bond donors (Lipinski definition) is 0. The Morgan fingerprint density at radius 3 is 1.89 bits per heavy atom. The first-order chi connectivity index (χ1) is 8.91. The molecular formula is C16H13I3. The maximum absolute atomic E-state index is 2.52. The molecule has 1 aliphatic rings. The highest BCUT2D eigenvalue weighted by atomic mass is 127. The van der Waals surface area contributed by atoms with Crippen molar-refractivity contribution in [3.63, 3.8) is 0 Å². The molecule has 3 heteroatoms. The molecule has 0 bridgehead atoms. The van der Waals surface area contributed by atoms with Gasteiger partial charge in [0.2, 0.25) is 0 Å². The molecule has 0 fully saturated rings. The van der Waals surface area contributed by atoms with Gasteiger partial charge in [-0.25, -0.2) is 0 Å². The fourth-order valence-corrected chi connectivity index (χ4v) is 5.30. The van der Waals surface area contributed by atoms with Crippen LogP contribution in [0.2, 0.25) is 0 Å². The molecule has 2 aromatic carbocycles. The van der Waals surface area contributed by atoms with Crippen molar-refractivity contribution in [3.05, 3.63) is 50.7 Å². The van der Waals surface area contributed by atoms with E-state index in [0.717, 1.165) is 6.42 Å². The minimum Gasteiger partial charge on any atom is -0.0548 e. The van der Waals surface area contributed by atoms with E-state index in [-0.39, 0.29) is 0 Å². The predicted octanol–water partition coefficient (Wildman–Crippen LogP) is 6.00. The van der Waals surface area contributed by atoms with Crippen molar-refractivity contribution in [3.8, 4) is 11.1 Å². The quantitative estimate of drug-likeness (QED) is 0.284. The van der Waals surface area contributed by atoms with Crippen LogP contribution in [0.25, 0.3) is 11.1 Å². The van der Waals surface area contributed by atoms with Gasteiger partial charge in [-0.05, 0) is 123 Å². The molecule has 0 unspecified atom stereocenters. The van der Waals surface area contributed by atoms with Crippen molar-refractivity contribution in [2.45, 2.75) is 27.2 Å².